The molecule has 0 aliphatic carbocycles. The summed E-state index contributed by atoms with van der Waals surface area (Å²) in [5.41, 5.74) is 7.13. The molecular weight excluding hydrogens is 334 g/mol. The van der Waals surface area contributed by atoms with Crippen molar-refractivity contribution in [3.8, 4) is 6.07 Å². The minimum atomic E-state index is -1.25. The molecule has 1 aliphatic rings. The number of hydrogen-bond donors (Lipinski definition) is 3. The Balaban J connectivity index is 1.74. The van der Waals surface area contributed by atoms with E-state index in [2.05, 4.69) is 16.9 Å². The number of nitrogens with zero attached hydrogens (tertiary/aromatic N) is 2. The predicted octanol–water partition coefficient (Wildman–Crippen LogP) is 0.812. The Hall–Kier alpha value is -3.60. The highest BCUT2D eigenvalue weighted by Crippen LogP contribution is 2.21. The molecule has 3 rings (SSSR count). The van der Waals surface area contributed by atoms with Crippen LogP contribution in [0, 0.1) is 17.2 Å². The topological polar surface area (TPSA) is 132 Å². The molecule has 0 radical (unpaired) electrons. The summed E-state index contributed by atoms with van der Waals surface area (Å²) in [5.74, 6) is -2.40. The molecule has 132 valence electrons. The Morgan fingerprint density at radius 1 is 1.38 bits per heavy atom. The van der Waals surface area contributed by atoms with Crippen molar-refractivity contribution < 1.29 is 14.4 Å². The SMILES string of the molecule is C=C(N)[C@@H](C#N)C(=O)CN1C(=O)N[C@@H](Cc2c[nH]c3ccccc23)C1=O. The molecule has 0 bridgehead atoms. The Bertz CT molecular complexity index is 955. The van der Waals surface area contributed by atoms with Gasteiger partial charge in [0.1, 0.15) is 12.0 Å². The van der Waals surface area contributed by atoms with E-state index >= 15 is 0 Å². The number of amides is 3. The molecule has 2 heterocycles. The molecule has 4 N–H and O–H groups in total. The number of carbonyl (C=O) groups is 3. The van der Waals surface area contributed by atoms with Gasteiger partial charge >= 0.3 is 6.03 Å². The van der Waals surface area contributed by atoms with Crippen LogP contribution in [0.5, 0.6) is 0 Å². The van der Waals surface area contributed by atoms with E-state index in [9.17, 15) is 14.4 Å². The van der Waals surface area contributed by atoms with Gasteiger partial charge in [0.2, 0.25) is 0 Å². The quantitative estimate of drug-likeness (QED) is 0.663. The highest BCUT2D eigenvalue weighted by molar-refractivity contribution is 6.07. The number of rotatable bonds is 6. The van der Waals surface area contributed by atoms with E-state index in [1.807, 2.05) is 24.3 Å². The number of H-pyrrole nitrogens is 1. The fourth-order valence-corrected chi connectivity index (χ4v) is 2.99. The number of carbonyl (C=O) groups excluding carboxylic acids is 3. The van der Waals surface area contributed by atoms with E-state index in [1.54, 1.807) is 12.3 Å². The molecule has 8 nitrogen and oxygen atoms in total. The molecule has 0 saturated carbocycles. The standard InChI is InChI=1S/C18H17N5O3/c1-10(20)13(7-19)16(24)9-23-17(25)15(22-18(23)26)6-11-8-21-14-5-3-2-4-12(11)14/h2-5,8,13,15,21H,1,6,9,20H2,(H,22,26)/t13-,15+/m1/s1. The molecular formula is C18H17N5O3. The van der Waals surface area contributed by atoms with Crippen molar-refractivity contribution in [3.63, 3.8) is 0 Å². The third-order valence-electron chi connectivity index (χ3n) is 4.34. The van der Waals surface area contributed by atoms with Gasteiger partial charge in [0.15, 0.2) is 5.78 Å². The molecule has 1 aromatic heterocycles. The number of imide groups is 1. The third-order valence-corrected chi connectivity index (χ3v) is 4.34. The summed E-state index contributed by atoms with van der Waals surface area (Å²) in [6, 6.07) is 7.93. The Morgan fingerprint density at radius 2 is 2.12 bits per heavy atom. The van der Waals surface area contributed by atoms with Gasteiger partial charge in [-0.2, -0.15) is 5.26 Å². The van der Waals surface area contributed by atoms with Gasteiger partial charge < -0.3 is 16.0 Å². The average Bonchev–Trinajstić information content (AvgIpc) is 3.12. The summed E-state index contributed by atoms with van der Waals surface area (Å²) in [4.78, 5) is 40.7. The molecule has 2 aromatic rings. The maximum atomic E-state index is 12.5. The molecule has 3 amide bonds. The van der Waals surface area contributed by atoms with Gasteiger partial charge in [0, 0.05) is 29.2 Å². The largest absolute Gasteiger partial charge is 0.401 e. The summed E-state index contributed by atoms with van der Waals surface area (Å²) >= 11 is 0. The van der Waals surface area contributed by atoms with Gasteiger partial charge in [-0.05, 0) is 11.6 Å². The van der Waals surface area contributed by atoms with Gasteiger partial charge in [-0.15, -0.1) is 0 Å². The number of ketones is 1. The smallest absolute Gasteiger partial charge is 0.325 e. The van der Waals surface area contributed by atoms with E-state index < -0.39 is 36.2 Å². The number of allylic oxidation sites excluding steroid dienone is 1. The first-order valence-electron chi connectivity index (χ1n) is 7.96. The van der Waals surface area contributed by atoms with E-state index in [1.165, 1.54) is 0 Å². The minimum absolute atomic E-state index is 0.111. The molecule has 1 aliphatic heterocycles. The third kappa shape index (κ3) is 3.02. The van der Waals surface area contributed by atoms with E-state index in [0.29, 0.717) is 6.42 Å². The van der Waals surface area contributed by atoms with Crippen LogP contribution in [-0.2, 0) is 16.0 Å². The number of benzene rings is 1. The van der Waals surface area contributed by atoms with Gasteiger partial charge in [-0.1, -0.05) is 24.8 Å². The van der Waals surface area contributed by atoms with E-state index in [-0.39, 0.29) is 5.70 Å². The summed E-state index contributed by atoms with van der Waals surface area (Å²) in [6.07, 6.45) is 2.09. The molecule has 8 heteroatoms. The number of para-hydroxylation sites is 1. The first-order chi connectivity index (χ1) is 12.4. The number of aromatic nitrogens is 1. The molecule has 1 aromatic carbocycles. The maximum Gasteiger partial charge on any atom is 0.325 e. The molecule has 0 spiro atoms. The molecule has 0 unspecified atom stereocenters. The zero-order chi connectivity index (χ0) is 18.8. The fourth-order valence-electron chi connectivity index (χ4n) is 2.99. The lowest BCUT2D eigenvalue weighted by molar-refractivity contribution is -0.131. The fraction of sp³-hybridized carbons (Fsp3) is 0.222. The predicted molar refractivity (Wildman–Crippen MR) is 93.5 cm³/mol. The monoisotopic (exact) mass is 351 g/mol. The van der Waals surface area contributed by atoms with Crippen molar-refractivity contribution >= 4 is 28.6 Å². The number of Topliss-reactive ketones (excluding diaryl/α,β-unsaturated/α-hetero) is 1. The van der Waals surface area contributed by atoms with Crippen LogP contribution in [0.4, 0.5) is 4.79 Å². The van der Waals surface area contributed by atoms with E-state index in [4.69, 9.17) is 11.0 Å². The lowest BCUT2D eigenvalue weighted by Gasteiger charge is -2.14. The molecule has 26 heavy (non-hydrogen) atoms. The van der Waals surface area contributed by atoms with Crippen LogP contribution in [0.3, 0.4) is 0 Å². The lowest BCUT2D eigenvalue weighted by atomic mass is 10.0. The lowest BCUT2D eigenvalue weighted by Crippen LogP contribution is -2.39. The number of urea groups is 1. The van der Waals surface area contributed by atoms with Crippen molar-refractivity contribution in [2.24, 2.45) is 11.7 Å². The number of fused-ring (bicyclic) bond motifs is 1. The summed E-state index contributed by atoms with van der Waals surface area (Å²) in [7, 11) is 0. The Kier molecular flexibility index (Phi) is 4.45. The second kappa shape index (κ2) is 6.72. The van der Waals surface area contributed by atoms with Gasteiger partial charge in [-0.25, -0.2) is 4.79 Å². The minimum Gasteiger partial charge on any atom is -0.401 e. The first kappa shape index (κ1) is 17.2. The highest BCUT2D eigenvalue weighted by atomic mass is 16.2. The van der Waals surface area contributed by atoms with Crippen molar-refractivity contribution in [2.75, 3.05) is 6.54 Å². The molecule has 2 atom stereocenters. The van der Waals surface area contributed by atoms with Crippen LogP contribution in [0.2, 0.25) is 0 Å². The Labute approximate surface area is 149 Å². The number of nitrogens with two attached hydrogens (primary N) is 1. The zero-order valence-corrected chi connectivity index (χ0v) is 13.9. The zero-order valence-electron chi connectivity index (χ0n) is 13.9. The van der Waals surface area contributed by atoms with Crippen molar-refractivity contribution in [1.82, 2.24) is 15.2 Å². The normalized spacial score (nSPS) is 17.8. The summed E-state index contributed by atoms with van der Waals surface area (Å²) in [6.45, 7) is 2.87. The van der Waals surface area contributed by atoms with Crippen LogP contribution >= 0.6 is 0 Å². The van der Waals surface area contributed by atoms with E-state index in [0.717, 1.165) is 21.4 Å². The van der Waals surface area contributed by atoms with Crippen molar-refractivity contribution in [2.45, 2.75) is 12.5 Å². The van der Waals surface area contributed by atoms with Crippen LogP contribution < -0.4 is 11.1 Å². The average molecular weight is 351 g/mol. The Morgan fingerprint density at radius 3 is 2.81 bits per heavy atom. The van der Waals surface area contributed by atoms with Crippen LogP contribution in [0.1, 0.15) is 5.56 Å². The number of hydrogen-bond acceptors (Lipinski definition) is 5. The summed E-state index contributed by atoms with van der Waals surface area (Å²) < 4.78 is 0. The van der Waals surface area contributed by atoms with Crippen LogP contribution in [-0.4, -0.2) is 40.2 Å². The highest BCUT2D eigenvalue weighted by Gasteiger charge is 2.40. The summed E-state index contributed by atoms with van der Waals surface area (Å²) in [5, 5.41) is 12.5. The second-order valence-electron chi connectivity index (χ2n) is 6.09. The van der Waals surface area contributed by atoms with Gasteiger partial charge in [0.05, 0.1) is 12.6 Å². The van der Waals surface area contributed by atoms with Crippen molar-refractivity contribution in [3.05, 3.63) is 48.3 Å². The molecule has 1 saturated heterocycles. The number of aromatic amines is 1. The maximum absolute atomic E-state index is 12.5. The van der Waals surface area contributed by atoms with Gasteiger partial charge in [0.25, 0.3) is 5.91 Å². The van der Waals surface area contributed by atoms with Crippen LogP contribution in [0.25, 0.3) is 10.9 Å². The second-order valence-corrected chi connectivity index (χ2v) is 6.09. The van der Waals surface area contributed by atoms with Crippen LogP contribution in [0.15, 0.2) is 42.7 Å². The first-order valence-corrected chi connectivity index (χ1v) is 7.96. The number of nitriles is 1. The van der Waals surface area contributed by atoms with Crippen molar-refractivity contribution in [1.29, 1.82) is 5.26 Å². The molecule has 1 fully saturated rings. The number of nitrogens with one attached hydrogen (secondary N) is 2. The van der Waals surface area contributed by atoms with Gasteiger partial charge in [-0.3, -0.25) is 14.5 Å².